The zero-order valence-corrected chi connectivity index (χ0v) is 6.10. The molecular weight excluding hydrogens is 128 g/mol. The Morgan fingerprint density at radius 2 is 2.30 bits per heavy atom. The number of carbonyl (C=O) groups excluding carboxylic acids is 1. The lowest BCUT2D eigenvalue weighted by Crippen LogP contribution is -2.37. The molecule has 1 amide bonds. The summed E-state index contributed by atoms with van der Waals surface area (Å²) < 4.78 is 0. The fraction of sp³-hybridized carbons (Fsp3) is 0.857. The Labute approximate surface area is 61.0 Å². The van der Waals surface area contributed by atoms with Gasteiger partial charge in [-0.3, -0.25) is 4.79 Å². The van der Waals surface area contributed by atoms with Crippen molar-refractivity contribution in [1.29, 1.82) is 0 Å². The van der Waals surface area contributed by atoms with Gasteiger partial charge in [-0.05, 0) is 12.8 Å². The number of amides is 1. The van der Waals surface area contributed by atoms with E-state index in [1.165, 1.54) is 6.42 Å². The average molecular weight is 142 g/mol. The van der Waals surface area contributed by atoms with E-state index in [0.717, 1.165) is 12.8 Å². The van der Waals surface area contributed by atoms with E-state index in [9.17, 15) is 4.79 Å². The number of hydrogen-bond donors (Lipinski definition) is 2. The molecule has 1 aliphatic carbocycles. The Morgan fingerprint density at radius 1 is 1.60 bits per heavy atom. The summed E-state index contributed by atoms with van der Waals surface area (Å²) in [4.78, 5) is 11.0. The predicted molar refractivity (Wildman–Crippen MR) is 39.4 cm³/mol. The van der Waals surface area contributed by atoms with E-state index in [2.05, 4.69) is 5.32 Å². The molecule has 0 aliphatic heterocycles. The quantitative estimate of drug-likeness (QED) is 0.576. The first-order chi connectivity index (χ1) is 4.84. The molecule has 58 valence electrons. The zero-order valence-electron chi connectivity index (χ0n) is 6.10. The molecule has 1 aliphatic rings. The van der Waals surface area contributed by atoms with E-state index in [4.69, 9.17) is 5.73 Å². The molecule has 3 heteroatoms. The van der Waals surface area contributed by atoms with Crippen molar-refractivity contribution in [2.24, 2.45) is 11.7 Å². The molecule has 3 N–H and O–H groups in total. The van der Waals surface area contributed by atoms with Crippen LogP contribution in [0.3, 0.4) is 0 Å². The summed E-state index contributed by atoms with van der Waals surface area (Å²) in [7, 11) is 0. The van der Waals surface area contributed by atoms with E-state index < -0.39 is 0 Å². The molecule has 3 nitrogen and oxygen atoms in total. The average Bonchev–Trinajstić information content (AvgIpc) is 1.79. The normalized spacial score (nSPS) is 18.1. The first-order valence-electron chi connectivity index (χ1n) is 3.82. The van der Waals surface area contributed by atoms with Crippen LogP contribution in [0, 0.1) is 5.92 Å². The molecule has 1 fully saturated rings. The molecule has 0 aromatic carbocycles. The number of rotatable bonds is 3. The lowest BCUT2D eigenvalue weighted by atomic mass is 9.85. The summed E-state index contributed by atoms with van der Waals surface area (Å²) in [6.07, 6.45) is 3.34. The molecule has 0 atom stereocenters. The van der Waals surface area contributed by atoms with Gasteiger partial charge in [0.05, 0.1) is 0 Å². The maximum atomic E-state index is 11.0. The summed E-state index contributed by atoms with van der Waals surface area (Å²) in [6, 6.07) is 0. The molecule has 0 radical (unpaired) electrons. The molecule has 0 saturated heterocycles. The second-order valence-electron chi connectivity index (χ2n) is 2.71. The van der Waals surface area contributed by atoms with Crippen LogP contribution in [-0.4, -0.2) is 19.0 Å². The van der Waals surface area contributed by atoms with Crippen LogP contribution in [0.5, 0.6) is 0 Å². The van der Waals surface area contributed by atoms with E-state index in [0.29, 0.717) is 19.0 Å². The third-order valence-electron chi connectivity index (χ3n) is 1.92. The van der Waals surface area contributed by atoms with Crippen LogP contribution in [-0.2, 0) is 4.79 Å². The van der Waals surface area contributed by atoms with Crippen molar-refractivity contribution >= 4 is 5.91 Å². The molecule has 1 saturated carbocycles. The molecule has 0 spiro atoms. The van der Waals surface area contributed by atoms with Crippen molar-refractivity contribution < 1.29 is 4.79 Å². The third-order valence-corrected chi connectivity index (χ3v) is 1.92. The Balaban J connectivity index is 2.08. The highest BCUT2D eigenvalue weighted by atomic mass is 16.1. The first kappa shape index (κ1) is 7.54. The number of hydrogen-bond acceptors (Lipinski definition) is 2. The lowest BCUT2D eigenvalue weighted by Gasteiger charge is -2.23. The predicted octanol–water partition coefficient (Wildman–Crippen LogP) is -0.139. The second-order valence-corrected chi connectivity index (χ2v) is 2.71. The van der Waals surface area contributed by atoms with Crippen LogP contribution < -0.4 is 11.1 Å². The minimum atomic E-state index is 0.191. The maximum absolute atomic E-state index is 11.0. The Hall–Kier alpha value is -0.570. The number of nitrogens with one attached hydrogen (secondary N) is 1. The highest BCUT2D eigenvalue weighted by Gasteiger charge is 2.24. The van der Waals surface area contributed by atoms with Gasteiger partial charge in [0, 0.05) is 19.0 Å². The highest BCUT2D eigenvalue weighted by Crippen LogP contribution is 2.25. The Bertz CT molecular complexity index is 121. The summed E-state index contributed by atoms with van der Waals surface area (Å²) >= 11 is 0. The van der Waals surface area contributed by atoms with Gasteiger partial charge in [-0.2, -0.15) is 0 Å². The minimum absolute atomic E-state index is 0.191. The molecule has 1 rings (SSSR count). The van der Waals surface area contributed by atoms with Gasteiger partial charge in [0.15, 0.2) is 0 Å². The van der Waals surface area contributed by atoms with E-state index in [1.807, 2.05) is 0 Å². The molecular formula is C7H14N2O. The standard InChI is InChI=1S/C7H14N2O/c8-4-5-9-7(10)6-2-1-3-6/h6H,1-5,8H2,(H,9,10). The third kappa shape index (κ3) is 1.70. The van der Waals surface area contributed by atoms with Gasteiger partial charge in [0.2, 0.25) is 5.91 Å². The molecule has 0 bridgehead atoms. The number of carbonyl (C=O) groups is 1. The highest BCUT2D eigenvalue weighted by molar-refractivity contribution is 5.79. The fourth-order valence-electron chi connectivity index (χ4n) is 1.01. The second kappa shape index (κ2) is 3.56. The summed E-state index contributed by atoms with van der Waals surface area (Å²) in [5.41, 5.74) is 5.22. The van der Waals surface area contributed by atoms with Crippen molar-refractivity contribution in [2.45, 2.75) is 19.3 Å². The van der Waals surface area contributed by atoms with Gasteiger partial charge in [-0.25, -0.2) is 0 Å². The van der Waals surface area contributed by atoms with Crippen molar-refractivity contribution in [3.05, 3.63) is 0 Å². The van der Waals surface area contributed by atoms with Gasteiger partial charge in [-0.15, -0.1) is 0 Å². The maximum Gasteiger partial charge on any atom is 0.223 e. The van der Waals surface area contributed by atoms with Gasteiger partial charge in [0.25, 0.3) is 0 Å². The van der Waals surface area contributed by atoms with E-state index in [-0.39, 0.29) is 5.91 Å². The van der Waals surface area contributed by atoms with Crippen LogP contribution in [0.1, 0.15) is 19.3 Å². The summed E-state index contributed by atoms with van der Waals surface area (Å²) in [6.45, 7) is 1.16. The van der Waals surface area contributed by atoms with Crippen LogP contribution >= 0.6 is 0 Å². The lowest BCUT2D eigenvalue weighted by molar-refractivity contribution is -0.127. The first-order valence-corrected chi connectivity index (χ1v) is 3.82. The van der Waals surface area contributed by atoms with Crippen LogP contribution in [0.4, 0.5) is 0 Å². The zero-order chi connectivity index (χ0) is 7.40. The van der Waals surface area contributed by atoms with Gasteiger partial charge < -0.3 is 11.1 Å². The smallest absolute Gasteiger partial charge is 0.223 e. The minimum Gasteiger partial charge on any atom is -0.355 e. The van der Waals surface area contributed by atoms with Crippen molar-refractivity contribution in [2.75, 3.05) is 13.1 Å². The summed E-state index contributed by atoms with van der Waals surface area (Å²) in [5.74, 6) is 0.489. The van der Waals surface area contributed by atoms with E-state index >= 15 is 0 Å². The molecule has 0 aromatic rings. The Morgan fingerprint density at radius 3 is 2.70 bits per heavy atom. The summed E-state index contributed by atoms with van der Waals surface area (Å²) in [5, 5.41) is 2.77. The van der Waals surface area contributed by atoms with E-state index in [1.54, 1.807) is 0 Å². The van der Waals surface area contributed by atoms with Gasteiger partial charge in [0.1, 0.15) is 0 Å². The molecule has 0 unspecified atom stereocenters. The molecule has 10 heavy (non-hydrogen) atoms. The fourth-order valence-corrected chi connectivity index (χ4v) is 1.01. The topological polar surface area (TPSA) is 55.1 Å². The largest absolute Gasteiger partial charge is 0.355 e. The van der Waals surface area contributed by atoms with Gasteiger partial charge >= 0.3 is 0 Å². The molecule has 0 aromatic heterocycles. The van der Waals surface area contributed by atoms with Crippen LogP contribution in [0.2, 0.25) is 0 Å². The number of nitrogens with two attached hydrogens (primary N) is 1. The van der Waals surface area contributed by atoms with Gasteiger partial charge in [-0.1, -0.05) is 6.42 Å². The van der Waals surface area contributed by atoms with Crippen molar-refractivity contribution in [1.82, 2.24) is 5.32 Å². The Kier molecular flexibility index (Phi) is 2.68. The molecule has 0 heterocycles. The monoisotopic (exact) mass is 142 g/mol. The van der Waals surface area contributed by atoms with Crippen molar-refractivity contribution in [3.63, 3.8) is 0 Å². The SMILES string of the molecule is NCCNC(=O)C1CCC1. The van der Waals surface area contributed by atoms with Crippen LogP contribution in [0.15, 0.2) is 0 Å². The van der Waals surface area contributed by atoms with Crippen molar-refractivity contribution in [3.8, 4) is 0 Å². The van der Waals surface area contributed by atoms with Crippen LogP contribution in [0.25, 0.3) is 0 Å².